The van der Waals surface area contributed by atoms with Crippen molar-refractivity contribution in [3.63, 3.8) is 0 Å². The second kappa shape index (κ2) is 6.75. The van der Waals surface area contributed by atoms with Crippen LogP contribution < -0.4 is 14.8 Å². The third-order valence-electron chi connectivity index (χ3n) is 3.93. The van der Waals surface area contributed by atoms with Crippen LogP contribution in [0.4, 0.5) is 0 Å². The van der Waals surface area contributed by atoms with Crippen molar-refractivity contribution in [1.29, 1.82) is 0 Å². The van der Waals surface area contributed by atoms with Gasteiger partial charge in [-0.3, -0.25) is 0 Å². The number of methoxy groups -OCH3 is 2. The zero-order chi connectivity index (χ0) is 16.2. The van der Waals surface area contributed by atoms with Crippen LogP contribution >= 0.6 is 0 Å². The molecule has 0 amide bonds. The molecule has 4 nitrogen and oxygen atoms in total. The van der Waals surface area contributed by atoms with E-state index in [0.29, 0.717) is 0 Å². The third kappa shape index (κ3) is 3.32. The van der Waals surface area contributed by atoms with Gasteiger partial charge in [-0.05, 0) is 36.8 Å². The molecular weight excluding hydrogens is 290 g/mol. The second-order valence-electron chi connectivity index (χ2n) is 5.48. The molecule has 0 spiro atoms. The van der Waals surface area contributed by atoms with Crippen molar-refractivity contribution in [3.8, 4) is 11.5 Å². The Kier molecular flexibility index (Phi) is 4.53. The van der Waals surface area contributed by atoms with E-state index in [1.54, 1.807) is 14.2 Å². The van der Waals surface area contributed by atoms with Crippen molar-refractivity contribution in [3.05, 3.63) is 59.9 Å². The lowest BCUT2D eigenvalue weighted by Crippen LogP contribution is -2.17. The van der Waals surface area contributed by atoms with E-state index < -0.39 is 0 Å². The largest absolute Gasteiger partial charge is 0.493 e. The van der Waals surface area contributed by atoms with Gasteiger partial charge in [-0.25, -0.2) is 0 Å². The molecule has 0 aliphatic heterocycles. The van der Waals surface area contributed by atoms with Crippen molar-refractivity contribution in [2.75, 3.05) is 14.2 Å². The number of para-hydroxylation sites is 1. The maximum absolute atomic E-state index is 5.89. The average Bonchev–Trinajstić information content (AvgIpc) is 3.03. The first-order chi connectivity index (χ1) is 11.2. The Morgan fingerprint density at radius 1 is 1.00 bits per heavy atom. The highest BCUT2D eigenvalue weighted by Crippen LogP contribution is 2.28. The Balaban J connectivity index is 1.70. The molecule has 0 aliphatic carbocycles. The zero-order valence-corrected chi connectivity index (χ0v) is 13.6. The summed E-state index contributed by atoms with van der Waals surface area (Å²) >= 11 is 0. The van der Waals surface area contributed by atoms with E-state index in [-0.39, 0.29) is 6.04 Å². The fourth-order valence-electron chi connectivity index (χ4n) is 2.58. The maximum atomic E-state index is 5.89. The predicted molar refractivity (Wildman–Crippen MR) is 91.0 cm³/mol. The highest BCUT2D eigenvalue weighted by molar-refractivity contribution is 5.77. The molecule has 0 bridgehead atoms. The van der Waals surface area contributed by atoms with Crippen LogP contribution in [0.2, 0.25) is 0 Å². The second-order valence-corrected chi connectivity index (χ2v) is 5.48. The van der Waals surface area contributed by atoms with Crippen LogP contribution in [-0.4, -0.2) is 14.2 Å². The molecule has 23 heavy (non-hydrogen) atoms. The van der Waals surface area contributed by atoms with Crippen LogP contribution in [0.5, 0.6) is 11.5 Å². The Hall–Kier alpha value is -2.46. The quantitative estimate of drug-likeness (QED) is 0.737. The number of fused-ring (bicyclic) bond motifs is 1. The number of nitrogens with one attached hydrogen (secondary N) is 1. The molecule has 0 fully saturated rings. The molecule has 2 aromatic carbocycles. The van der Waals surface area contributed by atoms with Crippen LogP contribution in [0.1, 0.15) is 24.3 Å². The Morgan fingerprint density at radius 2 is 1.78 bits per heavy atom. The molecule has 1 aromatic heterocycles. The molecule has 3 rings (SSSR count). The van der Waals surface area contributed by atoms with E-state index in [9.17, 15) is 0 Å². The number of hydrogen-bond donors (Lipinski definition) is 1. The van der Waals surface area contributed by atoms with Crippen molar-refractivity contribution in [2.24, 2.45) is 0 Å². The van der Waals surface area contributed by atoms with E-state index in [0.717, 1.165) is 40.3 Å². The lowest BCUT2D eigenvalue weighted by atomic mass is 10.1. The summed E-state index contributed by atoms with van der Waals surface area (Å²) in [6.45, 7) is 2.82. The van der Waals surface area contributed by atoms with Gasteiger partial charge in [0.1, 0.15) is 11.3 Å². The number of rotatable bonds is 6. The Labute approximate surface area is 136 Å². The van der Waals surface area contributed by atoms with Crippen molar-refractivity contribution in [2.45, 2.75) is 19.5 Å². The fraction of sp³-hybridized carbons (Fsp3) is 0.263. The topological polar surface area (TPSA) is 43.6 Å². The summed E-state index contributed by atoms with van der Waals surface area (Å²) < 4.78 is 16.5. The van der Waals surface area contributed by atoms with Crippen LogP contribution in [0, 0.1) is 0 Å². The summed E-state index contributed by atoms with van der Waals surface area (Å²) in [6.07, 6.45) is 0. The van der Waals surface area contributed by atoms with Crippen LogP contribution in [0.15, 0.2) is 52.9 Å². The Morgan fingerprint density at radius 3 is 2.52 bits per heavy atom. The number of hydrogen-bond acceptors (Lipinski definition) is 4. The van der Waals surface area contributed by atoms with Gasteiger partial charge in [-0.1, -0.05) is 24.3 Å². The predicted octanol–water partition coefficient (Wildman–Crippen LogP) is 4.30. The Bertz CT molecular complexity index is 761. The van der Waals surface area contributed by atoms with E-state index in [1.807, 2.05) is 36.4 Å². The fourth-order valence-corrected chi connectivity index (χ4v) is 2.58. The highest BCUT2D eigenvalue weighted by atomic mass is 16.5. The van der Waals surface area contributed by atoms with E-state index in [4.69, 9.17) is 13.9 Å². The van der Waals surface area contributed by atoms with Gasteiger partial charge in [0.2, 0.25) is 0 Å². The molecule has 1 heterocycles. The van der Waals surface area contributed by atoms with Crippen LogP contribution in [0.25, 0.3) is 11.0 Å². The first kappa shape index (κ1) is 15.4. The molecule has 120 valence electrons. The minimum absolute atomic E-state index is 0.121. The third-order valence-corrected chi connectivity index (χ3v) is 3.93. The van der Waals surface area contributed by atoms with Crippen molar-refractivity contribution < 1.29 is 13.9 Å². The maximum Gasteiger partial charge on any atom is 0.161 e. The van der Waals surface area contributed by atoms with Crippen molar-refractivity contribution >= 4 is 11.0 Å². The molecule has 3 aromatic rings. The molecule has 0 radical (unpaired) electrons. The number of ether oxygens (including phenoxy) is 2. The van der Waals surface area contributed by atoms with Crippen LogP contribution in [0.3, 0.4) is 0 Å². The minimum atomic E-state index is 0.121. The first-order valence-electron chi connectivity index (χ1n) is 7.64. The molecule has 1 N–H and O–H groups in total. The lowest BCUT2D eigenvalue weighted by Gasteiger charge is -2.13. The van der Waals surface area contributed by atoms with Gasteiger partial charge >= 0.3 is 0 Å². The molecule has 1 atom stereocenters. The minimum Gasteiger partial charge on any atom is -0.493 e. The molecule has 1 unspecified atom stereocenters. The van der Waals surface area contributed by atoms with Gasteiger partial charge in [0.15, 0.2) is 11.5 Å². The summed E-state index contributed by atoms with van der Waals surface area (Å²) in [7, 11) is 3.28. The van der Waals surface area contributed by atoms with Crippen molar-refractivity contribution in [1.82, 2.24) is 5.32 Å². The smallest absolute Gasteiger partial charge is 0.161 e. The molecule has 4 heteroatoms. The standard InChI is InChI=1S/C19H21NO3/c1-13(18-11-15-6-4-5-7-16(15)23-18)20-12-14-8-9-17(21-2)19(10-14)22-3/h4-11,13,20H,12H2,1-3H3. The highest BCUT2D eigenvalue weighted by Gasteiger charge is 2.11. The SMILES string of the molecule is COc1ccc(CNC(C)c2cc3ccccc3o2)cc1OC. The van der Waals surface area contributed by atoms with Gasteiger partial charge in [0.25, 0.3) is 0 Å². The molecule has 0 aliphatic rings. The monoisotopic (exact) mass is 311 g/mol. The van der Waals surface area contributed by atoms with E-state index in [1.165, 1.54) is 0 Å². The summed E-state index contributed by atoms with van der Waals surface area (Å²) in [6, 6.07) is 16.2. The van der Waals surface area contributed by atoms with Crippen LogP contribution in [-0.2, 0) is 6.54 Å². The van der Waals surface area contributed by atoms with Gasteiger partial charge in [-0.2, -0.15) is 0 Å². The summed E-state index contributed by atoms with van der Waals surface area (Å²) in [5, 5.41) is 4.60. The first-order valence-corrected chi connectivity index (χ1v) is 7.64. The molecule has 0 saturated heterocycles. The molecular formula is C19H21NO3. The zero-order valence-electron chi connectivity index (χ0n) is 13.6. The summed E-state index contributed by atoms with van der Waals surface area (Å²) in [5.74, 6) is 2.41. The van der Waals surface area contributed by atoms with Gasteiger partial charge in [0.05, 0.1) is 20.3 Å². The van der Waals surface area contributed by atoms with E-state index in [2.05, 4.69) is 24.4 Å². The van der Waals surface area contributed by atoms with E-state index >= 15 is 0 Å². The summed E-state index contributed by atoms with van der Waals surface area (Å²) in [4.78, 5) is 0. The number of furan rings is 1. The van der Waals surface area contributed by atoms with Gasteiger partial charge in [-0.15, -0.1) is 0 Å². The lowest BCUT2D eigenvalue weighted by molar-refractivity contribution is 0.354. The average molecular weight is 311 g/mol. The number of benzene rings is 2. The van der Waals surface area contributed by atoms with Gasteiger partial charge in [0, 0.05) is 11.9 Å². The van der Waals surface area contributed by atoms with Gasteiger partial charge < -0.3 is 19.2 Å². The normalized spacial score (nSPS) is 12.3. The molecule has 0 saturated carbocycles. The summed E-state index contributed by atoms with van der Waals surface area (Å²) in [5.41, 5.74) is 2.05.